The Morgan fingerprint density at radius 2 is 1.90 bits per heavy atom. The molecule has 0 aliphatic rings. The van der Waals surface area contributed by atoms with E-state index in [1.165, 1.54) is 5.56 Å². The van der Waals surface area contributed by atoms with Crippen LogP contribution in [0.25, 0.3) is 5.69 Å². The van der Waals surface area contributed by atoms with Gasteiger partial charge in [0.15, 0.2) is 0 Å². The van der Waals surface area contributed by atoms with Gasteiger partial charge in [0.25, 0.3) is 0 Å². The fourth-order valence-corrected chi connectivity index (χ4v) is 2.49. The molecule has 0 fully saturated rings. The number of para-hydroxylation sites is 1. The number of aromatic nitrogens is 3. The summed E-state index contributed by atoms with van der Waals surface area (Å²) >= 11 is 0. The monoisotopic (exact) mass is 272 g/mol. The minimum Gasteiger partial charge on any atom is -0.323 e. The highest BCUT2D eigenvalue weighted by Crippen LogP contribution is 2.26. The highest BCUT2D eigenvalue weighted by Gasteiger charge is 2.19. The van der Waals surface area contributed by atoms with Gasteiger partial charge in [-0.25, -0.2) is 4.68 Å². The third kappa shape index (κ3) is 2.61. The van der Waals surface area contributed by atoms with Crippen molar-refractivity contribution in [1.82, 2.24) is 15.0 Å². The van der Waals surface area contributed by atoms with Crippen LogP contribution in [0.15, 0.2) is 24.3 Å². The zero-order valence-electron chi connectivity index (χ0n) is 12.8. The van der Waals surface area contributed by atoms with E-state index >= 15 is 0 Å². The van der Waals surface area contributed by atoms with E-state index in [-0.39, 0.29) is 6.04 Å². The molecule has 1 unspecified atom stereocenters. The summed E-state index contributed by atoms with van der Waals surface area (Å²) in [6.07, 6.45) is 1.75. The zero-order chi connectivity index (χ0) is 14.7. The number of nitrogens with two attached hydrogens (primary N) is 1. The summed E-state index contributed by atoms with van der Waals surface area (Å²) in [4.78, 5) is 0. The van der Waals surface area contributed by atoms with Crippen LogP contribution >= 0.6 is 0 Å². The lowest BCUT2D eigenvalue weighted by atomic mass is 10.0. The molecule has 20 heavy (non-hydrogen) atoms. The average Bonchev–Trinajstić information content (AvgIpc) is 2.89. The van der Waals surface area contributed by atoms with Crippen molar-refractivity contribution in [2.24, 2.45) is 5.73 Å². The molecule has 1 atom stereocenters. The van der Waals surface area contributed by atoms with Gasteiger partial charge in [-0.3, -0.25) is 0 Å². The van der Waals surface area contributed by atoms with Crippen LogP contribution in [0.3, 0.4) is 0 Å². The molecule has 0 bridgehead atoms. The van der Waals surface area contributed by atoms with E-state index in [2.05, 4.69) is 56.2 Å². The fraction of sp³-hybridized carbons (Fsp3) is 0.500. The lowest BCUT2D eigenvalue weighted by molar-refractivity contribution is 0.665. The van der Waals surface area contributed by atoms with E-state index in [9.17, 15) is 0 Å². The molecule has 1 aromatic heterocycles. The van der Waals surface area contributed by atoms with Crippen molar-refractivity contribution in [1.29, 1.82) is 0 Å². The normalized spacial score (nSPS) is 12.9. The van der Waals surface area contributed by atoms with Crippen LogP contribution in [0.5, 0.6) is 0 Å². The second-order valence-corrected chi connectivity index (χ2v) is 5.41. The molecule has 0 saturated heterocycles. The van der Waals surface area contributed by atoms with Crippen molar-refractivity contribution >= 4 is 0 Å². The second-order valence-electron chi connectivity index (χ2n) is 5.41. The van der Waals surface area contributed by atoms with Crippen LogP contribution < -0.4 is 5.73 Å². The number of nitrogens with zero attached hydrogens (tertiary/aromatic N) is 3. The van der Waals surface area contributed by atoms with Crippen molar-refractivity contribution < 1.29 is 0 Å². The minimum atomic E-state index is -0.0371. The summed E-state index contributed by atoms with van der Waals surface area (Å²) in [6, 6.07) is 8.33. The second kappa shape index (κ2) is 6.18. The average molecular weight is 272 g/mol. The molecule has 0 aliphatic carbocycles. The molecule has 108 valence electrons. The van der Waals surface area contributed by atoms with Crippen LogP contribution in [0.4, 0.5) is 0 Å². The van der Waals surface area contributed by atoms with Crippen LogP contribution in [-0.4, -0.2) is 15.0 Å². The first-order valence-electron chi connectivity index (χ1n) is 7.39. The molecule has 4 nitrogen and oxygen atoms in total. The summed E-state index contributed by atoms with van der Waals surface area (Å²) in [6.45, 7) is 8.59. The molecule has 0 spiro atoms. The predicted molar refractivity (Wildman–Crippen MR) is 82.0 cm³/mol. The molecular weight excluding hydrogens is 248 g/mol. The Hall–Kier alpha value is -1.68. The molecular formula is C16H24N4. The summed E-state index contributed by atoms with van der Waals surface area (Å²) in [5.41, 5.74) is 10.6. The fourth-order valence-electron chi connectivity index (χ4n) is 2.49. The van der Waals surface area contributed by atoms with Crippen LogP contribution in [0, 0.1) is 0 Å². The first-order chi connectivity index (χ1) is 9.60. The van der Waals surface area contributed by atoms with Gasteiger partial charge >= 0.3 is 0 Å². The lowest BCUT2D eigenvalue weighted by Gasteiger charge is -2.14. The van der Waals surface area contributed by atoms with Crippen molar-refractivity contribution in [2.45, 2.75) is 52.5 Å². The number of rotatable bonds is 5. The summed E-state index contributed by atoms with van der Waals surface area (Å²) in [5, 5.41) is 8.68. The Bertz CT molecular complexity index is 572. The molecule has 2 N–H and O–H groups in total. The van der Waals surface area contributed by atoms with Gasteiger partial charge in [0.2, 0.25) is 0 Å². The van der Waals surface area contributed by atoms with Crippen molar-refractivity contribution in [3.05, 3.63) is 41.2 Å². The lowest BCUT2D eigenvalue weighted by Crippen LogP contribution is -2.13. The molecule has 4 heteroatoms. The van der Waals surface area contributed by atoms with E-state index < -0.39 is 0 Å². The van der Waals surface area contributed by atoms with E-state index in [0.717, 1.165) is 29.9 Å². The SMILES string of the molecule is CCc1c(C(N)CC)nnn1-c1ccccc1C(C)C. The topological polar surface area (TPSA) is 56.7 Å². The van der Waals surface area contributed by atoms with Crippen molar-refractivity contribution in [3.8, 4) is 5.69 Å². The predicted octanol–water partition coefficient (Wildman–Crippen LogP) is 3.36. The maximum absolute atomic E-state index is 6.14. The summed E-state index contributed by atoms with van der Waals surface area (Å²) in [7, 11) is 0. The minimum absolute atomic E-state index is 0.0371. The van der Waals surface area contributed by atoms with Gasteiger partial charge in [-0.15, -0.1) is 5.10 Å². The zero-order valence-corrected chi connectivity index (χ0v) is 12.8. The molecule has 1 heterocycles. The number of hydrogen-bond donors (Lipinski definition) is 1. The van der Waals surface area contributed by atoms with Gasteiger partial charge in [0, 0.05) is 0 Å². The molecule has 0 saturated carbocycles. The van der Waals surface area contributed by atoms with E-state index in [1.54, 1.807) is 0 Å². The molecule has 0 radical (unpaired) electrons. The van der Waals surface area contributed by atoms with E-state index in [1.807, 2.05) is 10.7 Å². The van der Waals surface area contributed by atoms with Crippen LogP contribution in [0.2, 0.25) is 0 Å². The maximum atomic E-state index is 6.14. The molecule has 0 amide bonds. The first kappa shape index (κ1) is 14.7. The largest absolute Gasteiger partial charge is 0.323 e. The Kier molecular flexibility index (Phi) is 4.55. The quantitative estimate of drug-likeness (QED) is 0.908. The molecule has 2 rings (SSSR count). The Labute approximate surface area is 121 Å². The van der Waals surface area contributed by atoms with E-state index in [0.29, 0.717) is 5.92 Å². The van der Waals surface area contributed by atoms with Gasteiger partial charge in [-0.05, 0) is 30.4 Å². The third-order valence-electron chi connectivity index (χ3n) is 3.71. The first-order valence-corrected chi connectivity index (χ1v) is 7.39. The maximum Gasteiger partial charge on any atom is 0.103 e. The molecule has 1 aromatic carbocycles. The third-order valence-corrected chi connectivity index (χ3v) is 3.71. The van der Waals surface area contributed by atoms with Gasteiger partial charge in [0.1, 0.15) is 5.69 Å². The van der Waals surface area contributed by atoms with Crippen LogP contribution in [0.1, 0.15) is 63.0 Å². The smallest absolute Gasteiger partial charge is 0.103 e. The van der Waals surface area contributed by atoms with Gasteiger partial charge in [-0.1, -0.05) is 51.1 Å². The summed E-state index contributed by atoms with van der Waals surface area (Å²) < 4.78 is 1.96. The van der Waals surface area contributed by atoms with Crippen molar-refractivity contribution in [2.75, 3.05) is 0 Å². The van der Waals surface area contributed by atoms with Gasteiger partial charge in [-0.2, -0.15) is 0 Å². The molecule has 0 aliphatic heterocycles. The highest BCUT2D eigenvalue weighted by atomic mass is 15.4. The Morgan fingerprint density at radius 1 is 1.20 bits per heavy atom. The number of hydrogen-bond acceptors (Lipinski definition) is 3. The Balaban J connectivity index is 2.56. The van der Waals surface area contributed by atoms with Gasteiger partial charge in [0.05, 0.1) is 17.4 Å². The molecule has 2 aromatic rings. The standard InChI is InChI=1S/C16H24N4/c1-5-13(17)16-14(6-2)20(19-18-16)15-10-8-7-9-12(15)11(3)4/h7-11,13H,5-6,17H2,1-4H3. The van der Waals surface area contributed by atoms with Gasteiger partial charge < -0.3 is 5.73 Å². The van der Waals surface area contributed by atoms with E-state index in [4.69, 9.17) is 5.73 Å². The van der Waals surface area contributed by atoms with Crippen molar-refractivity contribution in [3.63, 3.8) is 0 Å². The summed E-state index contributed by atoms with van der Waals surface area (Å²) in [5.74, 6) is 0.448. The number of benzene rings is 1. The van der Waals surface area contributed by atoms with Crippen LogP contribution in [-0.2, 0) is 6.42 Å². The highest BCUT2D eigenvalue weighted by molar-refractivity contribution is 5.43. The Morgan fingerprint density at radius 3 is 2.50 bits per heavy atom.